The monoisotopic (exact) mass is 416 g/mol. The van der Waals surface area contributed by atoms with Crippen LogP contribution in [0.4, 0.5) is 0 Å². The Morgan fingerprint density at radius 3 is 2.27 bits per heavy atom. The number of hydrogen-bond donors (Lipinski definition) is 0. The van der Waals surface area contributed by atoms with Gasteiger partial charge < -0.3 is 0 Å². The average molecular weight is 416 g/mol. The topological polar surface area (TPSA) is 9.23 Å². The summed E-state index contributed by atoms with van der Waals surface area (Å²) >= 11 is 1.29. The first-order valence-corrected chi connectivity index (χ1v) is 9.85. The molecule has 0 N–H and O–H groups in total. The third kappa shape index (κ3) is 3.57. The maximum absolute atomic E-state index is 6.20. The Bertz CT molecular complexity index is 342. The standard InChI is InChI=1S/C12H19OSi.Bi/c1-12(2,3)14(4,5)13-11-9-7-6-8-10-11;/h6-7,9-10H,1-5H3;. The van der Waals surface area contributed by atoms with Crippen LogP contribution in [0.2, 0.25) is 18.1 Å². The zero-order valence-electron chi connectivity index (χ0n) is 10.2. The molecule has 0 aliphatic rings. The summed E-state index contributed by atoms with van der Waals surface area (Å²) in [6, 6.07) is 8.45. The molecule has 0 heterocycles. The van der Waals surface area contributed by atoms with E-state index in [0.717, 1.165) is 5.75 Å². The zero-order chi connectivity index (χ0) is 11.7. The molecule has 0 saturated heterocycles. The van der Waals surface area contributed by atoms with E-state index in [4.69, 9.17) is 4.43 Å². The van der Waals surface area contributed by atoms with Gasteiger partial charge in [0, 0.05) is 0 Å². The van der Waals surface area contributed by atoms with Crippen LogP contribution in [0.1, 0.15) is 20.8 Å². The zero-order valence-corrected chi connectivity index (χ0v) is 14.6. The van der Waals surface area contributed by atoms with Crippen molar-refractivity contribution in [2.24, 2.45) is 0 Å². The van der Waals surface area contributed by atoms with Crippen LogP contribution in [0.5, 0.6) is 5.75 Å². The Labute approximate surface area is 109 Å². The van der Waals surface area contributed by atoms with Gasteiger partial charge in [0.05, 0.1) is 0 Å². The molecule has 2 radical (unpaired) electrons. The second-order valence-corrected chi connectivity index (χ2v) is 12.1. The van der Waals surface area contributed by atoms with Crippen molar-refractivity contribution in [2.45, 2.75) is 38.9 Å². The summed E-state index contributed by atoms with van der Waals surface area (Å²) in [6.07, 6.45) is 0. The van der Waals surface area contributed by atoms with Crippen molar-refractivity contribution >= 4 is 36.3 Å². The van der Waals surface area contributed by atoms with Gasteiger partial charge in [-0.05, 0) is 0 Å². The van der Waals surface area contributed by atoms with Gasteiger partial charge in [0.15, 0.2) is 0 Å². The van der Waals surface area contributed by atoms with Crippen LogP contribution in [-0.4, -0.2) is 33.0 Å². The molecule has 0 bridgehead atoms. The number of benzene rings is 1. The summed E-state index contributed by atoms with van der Waals surface area (Å²) in [5.74, 6) is 1.04. The average Bonchev–Trinajstić information content (AvgIpc) is 2.00. The van der Waals surface area contributed by atoms with E-state index in [9.17, 15) is 0 Å². The van der Waals surface area contributed by atoms with E-state index in [1.54, 1.807) is 0 Å². The second-order valence-electron chi connectivity index (χ2n) is 5.36. The van der Waals surface area contributed by atoms with E-state index in [1.165, 1.54) is 28.0 Å². The fraction of sp³-hybridized carbons (Fsp3) is 0.500. The van der Waals surface area contributed by atoms with Crippen LogP contribution in [0, 0.1) is 0 Å². The van der Waals surface area contributed by atoms with Crippen LogP contribution >= 0.6 is 0 Å². The van der Waals surface area contributed by atoms with Gasteiger partial charge in [-0.25, -0.2) is 0 Å². The first-order valence-electron chi connectivity index (χ1n) is 5.20. The molecule has 15 heavy (non-hydrogen) atoms. The molecule has 0 aromatic heterocycles. The predicted molar refractivity (Wildman–Crippen MR) is 69.7 cm³/mol. The SMILES string of the molecule is CC(C)(C)[Si](C)(C)Oc1ccc[c]([Bi])c1. The van der Waals surface area contributed by atoms with E-state index in [-0.39, 0.29) is 5.04 Å². The van der Waals surface area contributed by atoms with Crippen LogP contribution < -0.4 is 7.70 Å². The predicted octanol–water partition coefficient (Wildman–Crippen LogP) is 2.86. The van der Waals surface area contributed by atoms with Crippen LogP contribution in [0.25, 0.3) is 0 Å². The minimum atomic E-state index is -1.66. The van der Waals surface area contributed by atoms with Gasteiger partial charge in [-0.15, -0.1) is 0 Å². The van der Waals surface area contributed by atoms with Crippen LogP contribution in [0.3, 0.4) is 0 Å². The molecule has 0 unspecified atom stereocenters. The molecule has 0 atom stereocenters. The number of rotatable bonds is 2. The van der Waals surface area contributed by atoms with Gasteiger partial charge in [0.25, 0.3) is 0 Å². The fourth-order valence-corrected chi connectivity index (χ4v) is 2.85. The molecule has 0 saturated carbocycles. The van der Waals surface area contributed by atoms with E-state index in [1.807, 2.05) is 0 Å². The van der Waals surface area contributed by atoms with Crippen molar-refractivity contribution in [3.8, 4) is 5.75 Å². The molecule has 1 rings (SSSR count). The molecule has 1 aromatic rings. The van der Waals surface area contributed by atoms with E-state index < -0.39 is 8.32 Å². The molecule has 0 aliphatic carbocycles. The first-order chi connectivity index (χ1) is 6.72. The minimum absolute atomic E-state index is 0.270. The molecule has 82 valence electrons. The van der Waals surface area contributed by atoms with Crippen molar-refractivity contribution in [1.82, 2.24) is 0 Å². The van der Waals surface area contributed by atoms with Gasteiger partial charge >= 0.3 is 110 Å². The van der Waals surface area contributed by atoms with Gasteiger partial charge in [0.2, 0.25) is 0 Å². The Hall–Kier alpha value is 0.120. The molecule has 1 aromatic carbocycles. The van der Waals surface area contributed by atoms with E-state index in [2.05, 4.69) is 58.1 Å². The van der Waals surface area contributed by atoms with Crippen molar-refractivity contribution < 1.29 is 4.43 Å². The number of hydrogen-bond acceptors (Lipinski definition) is 1. The van der Waals surface area contributed by atoms with Gasteiger partial charge in [0.1, 0.15) is 0 Å². The summed E-state index contributed by atoms with van der Waals surface area (Å²) in [7, 11) is -1.66. The summed E-state index contributed by atoms with van der Waals surface area (Å²) < 4.78 is 7.57. The maximum atomic E-state index is 6.20. The Morgan fingerprint density at radius 2 is 1.80 bits per heavy atom. The third-order valence-electron chi connectivity index (χ3n) is 3.00. The molecule has 0 aliphatic heterocycles. The Morgan fingerprint density at radius 1 is 1.20 bits per heavy atom. The molecule has 3 heteroatoms. The second kappa shape index (κ2) is 4.55. The Balaban J connectivity index is 2.87. The molecule has 0 fully saturated rings. The van der Waals surface area contributed by atoms with Crippen molar-refractivity contribution in [2.75, 3.05) is 0 Å². The summed E-state index contributed by atoms with van der Waals surface area (Å²) in [6.45, 7) is 11.4. The van der Waals surface area contributed by atoms with E-state index in [0.29, 0.717) is 0 Å². The van der Waals surface area contributed by atoms with E-state index >= 15 is 0 Å². The summed E-state index contributed by atoms with van der Waals surface area (Å²) in [5.41, 5.74) is 0. The van der Waals surface area contributed by atoms with Crippen molar-refractivity contribution in [3.05, 3.63) is 24.3 Å². The van der Waals surface area contributed by atoms with Gasteiger partial charge in [-0.2, -0.15) is 0 Å². The molecule has 1 nitrogen and oxygen atoms in total. The van der Waals surface area contributed by atoms with Crippen LogP contribution in [0.15, 0.2) is 24.3 Å². The summed E-state index contributed by atoms with van der Waals surface area (Å²) in [4.78, 5) is 0. The van der Waals surface area contributed by atoms with Gasteiger partial charge in [-0.1, -0.05) is 0 Å². The third-order valence-corrected chi connectivity index (χ3v) is 8.44. The van der Waals surface area contributed by atoms with Crippen molar-refractivity contribution in [3.63, 3.8) is 0 Å². The molecule has 0 spiro atoms. The first kappa shape index (κ1) is 13.2. The quantitative estimate of drug-likeness (QED) is 0.674. The summed E-state index contributed by atoms with van der Waals surface area (Å²) in [5, 5.41) is 0.270. The normalized spacial score (nSPS) is 12.7. The molecular formula is C12H19BiOSi. The van der Waals surface area contributed by atoms with Crippen LogP contribution in [-0.2, 0) is 0 Å². The molecular weight excluding hydrogens is 397 g/mol. The molecule has 0 amide bonds. The van der Waals surface area contributed by atoms with Crippen molar-refractivity contribution in [1.29, 1.82) is 0 Å². The fourth-order valence-electron chi connectivity index (χ4n) is 0.995. The van der Waals surface area contributed by atoms with Gasteiger partial charge in [-0.3, -0.25) is 0 Å². The Kier molecular flexibility index (Phi) is 4.00.